The van der Waals surface area contributed by atoms with E-state index in [2.05, 4.69) is 5.32 Å². The van der Waals surface area contributed by atoms with Gasteiger partial charge in [0.15, 0.2) is 0 Å². The number of hydrogen-bond acceptors (Lipinski definition) is 4. The smallest absolute Gasteiger partial charge is 0.251 e. The summed E-state index contributed by atoms with van der Waals surface area (Å²) >= 11 is 7.40. The van der Waals surface area contributed by atoms with Crippen molar-refractivity contribution >= 4 is 40.2 Å². The van der Waals surface area contributed by atoms with Crippen molar-refractivity contribution in [1.29, 1.82) is 0 Å². The monoisotopic (exact) mass is 323 g/mol. The standard InChI is InChI=1S/C15H18ClN3OS/c1-19(2)13-5-3-10(9-12(13)17)15(20)18-8-7-11-4-6-14(16)21-11/h3-6,9H,7-8,17H2,1-2H3,(H,18,20). The highest BCUT2D eigenvalue weighted by molar-refractivity contribution is 7.16. The number of hydrogen-bond donors (Lipinski definition) is 2. The fourth-order valence-electron chi connectivity index (χ4n) is 1.99. The first-order valence-electron chi connectivity index (χ1n) is 6.56. The Morgan fingerprint density at radius 1 is 1.33 bits per heavy atom. The Morgan fingerprint density at radius 2 is 2.10 bits per heavy atom. The van der Waals surface area contributed by atoms with E-state index in [1.807, 2.05) is 37.2 Å². The van der Waals surface area contributed by atoms with Crippen molar-refractivity contribution in [1.82, 2.24) is 5.32 Å². The van der Waals surface area contributed by atoms with Crippen molar-refractivity contribution in [3.8, 4) is 0 Å². The number of halogens is 1. The molecule has 21 heavy (non-hydrogen) atoms. The first kappa shape index (κ1) is 15.7. The quantitative estimate of drug-likeness (QED) is 0.832. The summed E-state index contributed by atoms with van der Waals surface area (Å²) in [4.78, 5) is 15.1. The highest BCUT2D eigenvalue weighted by Gasteiger charge is 2.09. The average Bonchev–Trinajstić information content (AvgIpc) is 2.83. The van der Waals surface area contributed by atoms with Crippen LogP contribution < -0.4 is 16.0 Å². The predicted molar refractivity (Wildman–Crippen MR) is 90.5 cm³/mol. The minimum atomic E-state index is -0.116. The van der Waals surface area contributed by atoms with Crippen molar-refractivity contribution in [3.05, 3.63) is 45.1 Å². The molecule has 112 valence electrons. The highest BCUT2D eigenvalue weighted by Crippen LogP contribution is 2.23. The van der Waals surface area contributed by atoms with Crippen LogP contribution in [0.1, 0.15) is 15.2 Å². The molecular formula is C15H18ClN3OS. The van der Waals surface area contributed by atoms with Crippen LogP contribution >= 0.6 is 22.9 Å². The molecular weight excluding hydrogens is 306 g/mol. The van der Waals surface area contributed by atoms with E-state index < -0.39 is 0 Å². The number of benzene rings is 1. The van der Waals surface area contributed by atoms with E-state index in [-0.39, 0.29) is 5.91 Å². The molecule has 0 radical (unpaired) electrons. The Kier molecular flexibility index (Phi) is 5.09. The Balaban J connectivity index is 1.92. The van der Waals surface area contributed by atoms with Crippen LogP contribution in [0.5, 0.6) is 0 Å². The van der Waals surface area contributed by atoms with E-state index in [9.17, 15) is 4.79 Å². The van der Waals surface area contributed by atoms with Crippen LogP contribution in [0.4, 0.5) is 11.4 Å². The molecule has 0 saturated carbocycles. The normalized spacial score (nSPS) is 10.4. The molecule has 1 amide bonds. The minimum absolute atomic E-state index is 0.116. The van der Waals surface area contributed by atoms with Gasteiger partial charge in [-0.05, 0) is 36.8 Å². The fraction of sp³-hybridized carbons (Fsp3) is 0.267. The molecule has 0 fully saturated rings. The van der Waals surface area contributed by atoms with Crippen LogP contribution in [-0.2, 0) is 6.42 Å². The van der Waals surface area contributed by atoms with Crippen molar-refractivity contribution in [3.63, 3.8) is 0 Å². The summed E-state index contributed by atoms with van der Waals surface area (Å²) < 4.78 is 0.767. The second-order valence-corrected chi connectivity index (χ2v) is 6.68. The SMILES string of the molecule is CN(C)c1ccc(C(=O)NCCc2ccc(Cl)s2)cc1N. The molecule has 1 aromatic heterocycles. The molecule has 0 bridgehead atoms. The lowest BCUT2D eigenvalue weighted by molar-refractivity contribution is 0.0954. The number of carbonyl (C=O) groups is 1. The van der Waals surface area contributed by atoms with Gasteiger partial charge in [0, 0.05) is 31.1 Å². The van der Waals surface area contributed by atoms with Crippen LogP contribution in [0.2, 0.25) is 4.34 Å². The summed E-state index contributed by atoms with van der Waals surface area (Å²) in [5.41, 5.74) is 8.02. The van der Waals surface area contributed by atoms with Gasteiger partial charge in [-0.15, -0.1) is 11.3 Å². The summed E-state index contributed by atoms with van der Waals surface area (Å²) in [6.45, 7) is 0.574. The number of thiophene rings is 1. The van der Waals surface area contributed by atoms with Crippen molar-refractivity contribution < 1.29 is 4.79 Å². The van der Waals surface area contributed by atoms with Crippen LogP contribution in [0.15, 0.2) is 30.3 Å². The Labute approximate surface area is 133 Å². The molecule has 0 spiro atoms. The van der Waals surface area contributed by atoms with Crippen LogP contribution in [0.3, 0.4) is 0 Å². The van der Waals surface area contributed by atoms with Gasteiger partial charge in [-0.3, -0.25) is 4.79 Å². The highest BCUT2D eigenvalue weighted by atomic mass is 35.5. The third-order valence-electron chi connectivity index (χ3n) is 3.06. The summed E-state index contributed by atoms with van der Waals surface area (Å²) in [7, 11) is 3.83. The average molecular weight is 324 g/mol. The molecule has 0 unspecified atom stereocenters. The van der Waals surface area contributed by atoms with Gasteiger partial charge in [0.2, 0.25) is 0 Å². The van der Waals surface area contributed by atoms with Crippen LogP contribution in [0.25, 0.3) is 0 Å². The number of nitrogens with zero attached hydrogens (tertiary/aromatic N) is 1. The molecule has 0 aliphatic rings. The van der Waals surface area contributed by atoms with Crippen molar-refractivity contribution in [2.45, 2.75) is 6.42 Å². The van der Waals surface area contributed by atoms with Crippen molar-refractivity contribution in [2.75, 3.05) is 31.3 Å². The van der Waals surface area contributed by atoms with Crippen LogP contribution in [0, 0.1) is 0 Å². The largest absolute Gasteiger partial charge is 0.397 e. The number of rotatable bonds is 5. The topological polar surface area (TPSA) is 58.4 Å². The fourth-order valence-corrected chi connectivity index (χ4v) is 3.08. The van der Waals surface area contributed by atoms with E-state index in [1.165, 1.54) is 11.3 Å². The van der Waals surface area contributed by atoms with Gasteiger partial charge in [-0.2, -0.15) is 0 Å². The van der Waals surface area contributed by atoms with Gasteiger partial charge in [-0.1, -0.05) is 11.6 Å². The number of nitrogen functional groups attached to an aromatic ring is 1. The molecule has 1 heterocycles. The Bertz CT molecular complexity index is 640. The molecule has 4 nitrogen and oxygen atoms in total. The summed E-state index contributed by atoms with van der Waals surface area (Å²) in [6, 6.07) is 9.17. The molecule has 0 atom stereocenters. The number of nitrogens with one attached hydrogen (secondary N) is 1. The van der Waals surface area contributed by atoms with Gasteiger partial charge in [0.1, 0.15) is 0 Å². The molecule has 0 aliphatic carbocycles. The molecule has 2 rings (SSSR count). The molecule has 2 aromatic rings. The van der Waals surface area contributed by atoms with E-state index in [0.717, 1.165) is 21.3 Å². The second-order valence-electron chi connectivity index (χ2n) is 4.88. The number of nitrogens with two attached hydrogens (primary N) is 1. The number of anilines is 2. The second kappa shape index (κ2) is 6.83. The third kappa shape index (κ3) is 4.12. The van der Waals surface area contributed by atoms with Gasteiger partial charge < -0.3 is 16.0 Å². The minimum Gasteiger partial charge on any atom is -0.397 e. The Hall–Kier alpha value is -1.72. The molecule has 3 N–H and O–H groups in total. The molecule has 1 aromatic carbocycles. The molecule has 6 heteroatoms. The number of amides is 1. The first-order valence-corrected chi connectivity index (χ1v) is 7.76. The van der Waals surface area contributed by atoms with Gasteiger partial charge >= 0.3 is 0 Å². The van der Waals surface area contributed by atoms with Gasteiger partial charge in [-0.25, -0.2) is 0 Å². The zero-order valence-corrected chi connectivity index (χ0v) is 13.6. The maximum absolute atomic E-state index is 12.1. The molecule has 0 saturated heterocycles. The van der Waals surface area contributed by atoms with E-state index >= 15 is 0 Å². The summed E-state index contributed by atoms with van der Waals surface area (Å²) in [6.07, 6.45) is 0.772. The zero-order chi connectivity index (χ0) is 15.4. The van der Waals surface area contributed by atoms with Crippen molar-refractivity contribution in [2.24, 2.45) is 0 Å². The van der Waals surface area contributed by atoms with E-state index in [4.69, 9.17) is 17.3 Å². The van der Waals surface area contributed by atoms with Gasteiger partial charge in [0.05, 0.1) is 15.7 Å². The third-order valence-corrected chi connectivity index (χ3v) is 4.35. The predicted octanol–water partition coefficient (Wildman–Crippen LogP) is 3.02. The lowest BCUT2D eigenvalue weighted by Crippen LogP contribution is -2.25. The maximum atomic E-state index is 12.1. The van der Waals surface area contributed by atoms with Crippen LogP contribution in [-0.4, -0.2) is 26.5 Å². The van der Waals surface area contributed by atoms with E-state index in [1.54, 1.807) is 12.1 Å². The maximum Gasteiger partial charge on any atom is 0.251 e. The van der Waals surface area contributed by atoms with Gasteiger partial charge in [0.25, 0.3) is 5.91 Å². The zero-order valence-electron chi connectivity index (χ0n) is 12.0. The number of carbonyl (C=O) groups excluding carboxylic acids is 1. The Morgan fingerprint density at radius 3 is 2.67 bits per heavy atom. The van der Waals surface area contributed by atoms with E-state index in [0.29, 0.717) is 17.8 Å². The lowest BCUT2D eigenvalue weighted by atomic mass is 10.1. The summed E-state index contributed by atoms with van der Waals surface area (Å²) in [5, 5.41) is 2.89. The summed E-state index contributed by atoms with van der Waals surface area (Å²) in [5.74, 6) is -0.116. The molecule has 0 aliphatic heterocycles. The first-order chi connectivity index (χ1) is 9.97. The lowest BCUT2D eigenvalue weighted by Gasteiger charge is -2.15.